The SMILES string of the molecule is CCOC(=O)C(C=NCCNc1[nH+]cccc1C(F)(F)F)C(=O)OCC. The summed E-state index contributed by atoms with van der Waals surface area (Å²) in [6, 6.07) is 2.19. The molecule has 0 aliphatic heterocycles. The van der Waals surface area contributed by atoms with E-state index in [-0.39, 0.29) is 32.1 Å². The number of carbonyl (C=O) groups excluding carboxylic acids is 2. The van der Waals surface area contributed by atoms with Crippen molar-refractivity contribution in [3.63, 3.8) is 0 Å². The van der Waals surface area contributed by atoms with Crippen molar-refractivity contribution in [3.05, 3.63) is 23.9 Å². The van der Waals surface area contributed by atoms with Crippen LogP contribution >= 0.6 is 0 Å². The largest absolute Gasteiger partial charge is 0.465 e. The molecule has 0 aliphatic carbocycles. The number of H-pyrrole nitrogens is 1. The molecule has 0 saturated heterocycles. The van der Waals surface area contributed by atoms with Crippen molar-refractivity contribution in [1.29, 1.82) is 0 Å². The van der Waals surface area contributed by atoms with Gasteiger partial charge in [0.15, 0.2) is 5.92 Å². The van der Waals surface area contributed by atoms with Crippen LogP contribution in [0.5, 0.6) is 0 Å². The van der Waals surface area contributed by atoms with Gasteiger partial charge < -0.3 is 9.47 Å². The molecule has 7 nitrogen and oxygen atoms in total. The Kier molecular flexibility index (Phi) is 8.53. The molecule has 144 valence electrons. The molecule has 1 aromatic rings. The van der Waals surface area contributed by atoms with E-state index >= 15 is 0 Å². The van der Waals surface area contributed by atoms with Crippen molar-refractivity contribution in [2.45, 2.75) is 20.0 Å². The third-order valence-corrected chi connectivity index (χ3v) is 3.04. The molecule has 1 rings (SSSR count). The summed E-state index contributed by atoms with van der Waals surface area (Å²) in [5, 5.41) is 2.58. The zero-order chi connectivity index (χ0) is 19.6. The standard InChI is InChI=1S/C16H20F3N3O4/c1-3-25-14(23)11(15(24)26-4-2)10-20-8-9-22-13-12(16(17,18)19)6-5-7-21-13/h5-7,10-11H,3-4,8-9H2,1-2H3,(H,21,22)/p+1. The molecule has 0 aromatic carbocycles. The highest BCUT2D eigenvalue weighted by Gasteiger charge is 2.36. The normalized spacial score (nSPS) is 11.6. The van der Waals surface area contributed by atoms with Crippen molar-refractivity contribution in [1.82, 2.24) is 0 Å². The molecule has 2 N–H and O–H groups in total. The molecule has 0 unspecified atom stereocenters. The van der Waals surface area contributed by atoms with Crippen LogP contribution in [0.4, 0.5) is 19.0 Å². The smallest absolute Gasteiger partial charge is 0.424 e. The number of halogens is 3. The maximum atomic E-state index is 12.9. The number of carbonyl (C=O) groups is 2. The molecule has 0 spiro atoms. The fourth-order valence-corrected chi connectivity index (χ4v) is 1.93. The molecule has 0 aliphatic rings. The quantitative estimate of drug-likeness (QED) is 0.307. The summed E-state index contributed by atoms with van der Waals surface area (Å²) in [4.78, 5) is 29.9. The molecule has 1 heterocycles. The summed E-state index contributed by atoms with van der Waals surface area (Å²) in [6.45, 7) is 3.46. The number of alkyl halides is 3. The first-order valence-electron chi connectivity index (χ1n) is 7.96. The van der Waals surface area contributed by atoms with E-state index in [1.165, 1.54) is 12.3 Å². The molecule has 0 radical (unpaired) electrons. The van der Waals surface area contributed by atoms with Gasteiger partial charge >= 0.3 is 18.1 Å². The summed E-state index contributed by atoms with van der Waals surface area (Å²) in [7, 11) is 0. The van der Waals surface area contributed by atoms with Crippen molar-refractivity contribution in [2.75, 3.05) is 31.6 Å². The number of hydrogen-bond acceptors (Lipinski definition) is 6. The number of anilines is 1. The Morgan fingerprint density at radius 2 is 1.88 bits per heavy atom. The number of esters is 2. The maximum Gasteiger partial charge on any atom is 0.424 e. The predicted molar refractivity (Wildman–Crippen MR) is 86.6 cm³/mol. The van der Waals surface area contributed by atoms with E-state index in [2.05, 4.69) is 15.3 Å². The summed E-state index contributed by atoms with van der Waals surface area (Å²) < 4.78 is 48.1. The highest BCUT2D eigenvalue weighted by atomic mass is 19.4. The second kappa shape index (κ2) is 10.4. The Morgan fingerprint density at radius 1 is 1.27 bits per heavy atom. The van der Waals surface area contributed by atoms with E-state index in [0.29, 0.717) is 0 Å². The summed E-state index contributed by atoms with van der Waals surface area (Å²) in [5.74, 6) is -3.08. The Balaban J connectivity index is 2.65. The van der Waals surface area contributed by atoms with Crippen molar-refractivity contribution in [3.8, 4) is 0 Å². The average Bonchev–Trinajstić information content (AvgIpc) is 2.57. The van der Waals surface area contributed by atoms with Gasteiger partial charge in [-0.15, -0.1) is 0 Å². The Bertz CT molecular complexity index is 617. The van der Waals surface area contributed by atoms with Gasteiger partial charge in [-0.05, 0) is 26.0 Å². The molecular weight excluding hydrogens is 355 g/mol. The molecule has 1 aromatic heterocycles. The fraction of sp³-hybridized carbons (Fsp3) is 0.500. The zero-order valence-corrected chi connectivity index (χ0v) is 14.4. The van der Waals surface area contributed by atoms with Crippen LogP contribution in [0.1, 0.15) is 19.4 Å². The molecule has 0 fully saturated rings. The van der Waals surface area contributed by atoms with E-state index in [1.54, 1.807) is 13.8 Å². The van der Waals surface area contributed by atoms with Crippen LogP contribution in [-0.4, -0.2) is 44.5 Å². The Morgan fingerprint density at radius 3 is 2.42 bits per heavy atom. The number of aromatic amines is 1. The number of aromatic nitrogens is 1. The first-order chi connectivity index (χ1) is 12.3. The highest BCUT2D eigenvalue weighted by Crippen LogP contribution is 2.32. The molecule has 0 saturated carbocycles. The number of ether oxygens (including phenoxy) is 2. The minimum atomic E-state index is -4.50. The maximum absolute atomic E-state index is 12.9. The van der Waals surface area contributed by atoms with Crippen molar-refractivity contribution >= 4 is 24.0 Å². The van der Waals surface area contributed by atoms with Crippen LogP contribution in [0.25, 0.3) is 0 Å². The number of nitrogens with one attached hydrogen (secondary N) is 2. The number of pyridine rings is 1. The first-order valence-corrected chi connectivity index (χ1v) is 7.96. The fourth-order valence-electron chi connectivity index (χ4n) is 1.93. The van der Waals surface area contributed by atoms with Gasteiger partial charge in [0, 0.05) is 6.21 Å². The van der Waals surface area contributed by atoms with E-state index in [1.807, 2.05) is 0 Å². The summed E-state index contributed by atoms with van der Waals surface area (Å²) >= 11 is 0. The van der Waals surface area contributed by atoms with Gasteiger partial charge in [0.1, 0.15) is 12.1 Å². The van der Waals surface area contributed by atoms with Crippen LogP contribution in [0.3, 0.4) is 0 Å². The molecular formula is C16H21F3N3O4+. The van der Waals surface area contributed by atoms with Gasteiger partial charge in [0.05, 0.1) is 26.0 Å². The van der Waals surface area contributed by atoms with Gasteiger partial charge in [-0.1, -0.05) is 0 Å². The van der Waals surface area contributed by atoms with Crippen molar-refractivity contribution < 1.29 is 37.2 Å². The van der Waals surface area contributed by atoms with Gasteiger partial charge in [-0.2, -0.15) is 13.2 Å². The third-order valence-electron chi connectivity index (χ3n) is 3.04. The Hall–Kier alpha value is -2.65. The molecule has 0 amide bonds. The molecule has 0 bridgehead atoms. The van der Waals surface area contributed by atoms with E-state index in [4.69, 9.17) is 9.47 Å². The molecule has 0 atom stereocenters. The van der Waals surface area contributed by atoms with Crippen LogP contribution in [0.2, 0.25) is 0 Å². The Labute approximate surface area is 148 Å². The number of rotatable bonds is 9. The van der Waals surface area contributed by atoms with Crippen LogP contribution in [0.15, 0.2) is 23.3 Å². The second-order valence-corrected chi connectivity index (χ2v) is 4.92. The lowest BCUT2D eigenvalue weighted by molar-refractivity contribution is -0.364. The lowest BCUT2D eigenvalue weighted by atomic mass is 10.2. The summed E-state index contributed by atoms with van der Waals surface area (Å²) in [6.07, 6.45) is -2.06. The first kappa shape index (κ1) is 21.4. The zero-order valence-electron chi connectivity index (χ0n) is 14.4. The average molecular weight is 376 g/mol. The monoisotopic (exact) mass is 376 g/mol. The predicted octanol–water partition coefficient (Wildman–Crippen LogP) is 1.74. The topological polar surface area (TPSA) is 91.1 Å². The highest BCUT2D eigenvalue weighted by molar-refractivity contribution is 6.09. The van der Waals surface area contributed by atoms with Crippen LogP contribution < -0.4 is 10.3 Å². The second-order valence-electron chi connectivity index (χ2n) is 4.92. The lowest BCUT2D eigenvalue weighted by Crippen LogP contribution is -2.29. The number of hydrogen-bond donors (Lipinski definition) is 1. The number of aliphatic imine (C=N–C) groups is 1. The van der Waals surface area contributed by atoms with E-state index in [0.717, 1.165) is 12.3 Å². The van der Waals surface area contributed by atoms with Crippen LogP contribution in [0, 0.1) is 5.92 Å². The number of nitrogens with zero attached hydrogens (tertiary/aromatic N) is 1. The summed E-state index contributed by atoms with van der Waals surface area (Å²) in [5.41, 5.74) is -0.833. The van der Waals surface area contributed by atoms with E-state index < -0.39 is 29.6 Å². The van der Waals surface area contributed by atoms with Crippen LogP contribution in [-0.2, 0) is 25.2 Å². The van der Waals surface area contributed by atoms with Gasteiger partial charge in [-0.3, -0.25) is 19.9 Å². The third kappa shape index (κ3) is 6.69. The van der Waals surface area contributed by atoms with Crippen molar-refractivity contribution in [2.24, 2.45) is 10.9 Å². The molecule has 26 heavy (non-hydrogen) atoms. The molecule has 10 heteroatoms. The van der Waals surface area contributed by atoms with Gasteiger partial charge in [0.2, 0.25) is 0 Å². The minimum Gasteiger partial charge on any atom is -0.465 e. The van der Waals surface area contributed by atoms with E-state index in [9.17, 15) is 22.8 Å². The lowest BCUT2D eigenvalue weighted by Gasteiger charge is -2.10. The van der Waals surface area contributed by atoms with Gasteiger partial charge in [0.25, 0.3) is 5.82 Å². The van der Waals surface area contributed by atoms with Gasteiger partial charge in [-0.25, -0.2) is 4.98 Å². The minimum absolute atomic E-state index is 0.0370.